The zero-order valence-electron chi connectivity index (χ0n) is 41.5. The van der Waals surface area contributed by atoms with Crippen molar-refractivity contribution in [3.05, 3.63) is 0 Å². The van der Waals surface area contributed by atoms with Crippen LogP contribution >= 0.6 is 0 Å². The maximum Gasteiger partial charge on any atom is 1.00 e. The fraction of sp³-hybridized carbons (Fsp3) is 0.867. The van der Waals surface area contributed by atoms with Crippen LogP contribution in [-0.2, 0) is 155 Å². The normalized spacial score (nSPS) is 15.8. The van der Waals surface area contributed by atoms with Gasteiger partial charge in [0.25, 0.3) is 11.8 Å². The second kappa shape index (κ2) is 45.9. The van der Waals surface area contributed by atoms with Gasteiger partial charge in [0.15, 0.2) is 12.2 Å². The van der Waals surface area contributed by atoms with Gasteiger partial charge in [-0.15, -0.1) is 0 Å². The molecule has 0 spiro atoms. The van der Waals surface area contributed by atoms with Crippen molar-refractivity contribution >= 4 is 116 Å². The Morgan fingerprint density at radius 3 is 0.759 bits per heavy atom. The number of hydrogen-bond donors (Lipinski definition) is 2. The van der Waals surface area contributed by atoms with Crippen LogP contribution in [0.3, 0.4) is 0 Å². The van der Waals surface area contributed by atoms with Crippen LogP contribution < -0.4 is 306 Å². The Bertz CT molecular complexity index is 3010. The molecular formula is C15H20N2Na10O42S10. The standard InChI is InChI=1S/C15H30N2O42S10.10Na/c1-5(17-15(19)13(59-69(47,48)49)11(57-67(41,42)43)9(55-65(35,36)37)7(53-63(29,30)31)4-51-61(23,24)25)2-16-14(18)12(58-68(44,45)46)10(56-66(38,39)40)8(54-64(32,33)34)6(52-62(26,27)28)3-50-60(20,21)22;;;;;;;;;;/h5-13H,2-4H2,1H3,(H,16,18)(H,17,19)(H,20,21,22)(H,23,24,25)(H,26,27,28)(H,29,30,31)(H,32,33,34)(H,35,36,37)(H,38,39,40)(H,41,42,43)(H,44,45,46)(H,47,48,49);;;;;;;;;;/q;10*+1/p-10/t5?,6-,7-,8+,9+,10+,11+,12-,13-;;;;;;;;;;/m1........../s1. The minimum Gasteiger partial charge on any atom is -0.726 e. The molecule has 0 aromatic rings. The molecule has 0 aliphatic rings. The molecule has 0 aliphatic carbocycles. The molecule has 1 unspecified atom stereocenters. The Labute approximate surface area is 671 Å². The smallest absolute Gasteiger partial charge is 0.726 e. The fourth-order valence-corrected chi connectivity index (χ4v) is 8.61. The molecule has 44 nitrogen and oxygen atoms in total. The molecule has 0 aliphatic heterocycles. The maximum atomic E-state index is 13.3. The molecule has 0 radical (unpaired) electrons. The van der Waals surface area contributed by atoms with Crippen LogP contribution in [0.15, 0.2) is 0 Å². The SMILES string of the molecule is CC(CNC(=O)[C@H](OS(=O)(=O)[O-])[C@@H](OS(=O)(=O)[O-])[C@@H](OS(=O)(=O)[O-])[C@@H](COS(=O)(=O)[O-])OS(=O)(=O)[O-])NC(=O)[C@H](OS(=O)(=O)[O-])[C@@H](OS(=O)(=O)[O-])[C@@H](OS(=O)(=O)[O-])[C@@H](COS(=O)(=O)[O-])OS(=O)(=O)[O-].[Na+].[Na+].[Na+].[Na+].[Na+].[Na+].[Na+].[Na+].[Na+].[Na+]. The van der Waals surface area contributed by atoms with E-state index in [2.05, 4.69) is 41.8 Å². The average molecular weight is 1450 g/mol. The topological polar surface area (TPSA) is 723 Å². The van der Waals surface area contributed by atoms with E-state index in [9.17, 15) is 139 Å². The van der Waals surface area contributed by atoms with E-state index in [4.69, 9.17) is 0 Å². The molecule has 412 valence electrons. The predicted molar refractivity (Wildman–Crippen MR) is 178 cm³/mol. The summed E-state index contributed by atoms with van der Waals surface area (Å²) in [5, 5.41) is 2.47. The van der Waals surface area contributed by atoms with Crippen LogP contribution in [-0.4, -0.2) is 216 Å². The van der Waals surface area contributed by atoms with Gasteiger partial charge < -0.3 is 56.2 Å². The monoisotopic (exact) mass is 1450 g/mol. The summed E-state index contributed by atoms with van der Waals surface area (Å²) in [6, 6.07) is -2.35. The first-order valence-electron chi connectivity index (χ1n) is 15.1. The summed E-state index contributed by atoms with van der Waals surface area (Å²) >= 11 is 0. The molecule has 0 aromatic heterocycles. The molecule has 64 heteroatoms. The number of nitrogens with one attached hydrogen (secondary N) is 2. The van der Waals surface area contributed by atoms with Crippen molar-refractivity contribution in [1.82, 2.24) is 10.6 Å². The fourth-order valence-electron chi connectivity index (χ4n) is 4.19. The van der Waals surface area contributed by atoms with Gasteiger partial charge in [0, 0.05) is 12.6 Å². The van der Waals surface area contributed by atoms with E-state index in [-0.39, 0.29) is 296 Å². The van der Waals surface area contributed by atoms with E-state index in [0.29, 0.717) is 6.92 Å². The Balaban J connectivity index is -0.000000514. The minimum absolute atomic E-state index is 0. The van der Waals surface area contributed by atoms with Crippen LogP contribution in [0.25, 0.3) is 0 Å². The zero-order chi connectivity index (χ0) is 55.0. The quantitative estimate of drug-likeness (QED) is 0.0350. The Kier molecular flexibility index (Phi) is 64.5. The van der Waals surface area contributed by atoms with E-state index in [0.717, 1.165) is 0 Å². The van der Waals surface area contributed by atoms with Gasteiger partial charge in [-0.05, 0) is 6.92 Å². The van der Waals surface area contributed by atoms with Gasteiger partial charge in [0.1, 0.15) is 36.6 Å². The number of carbonyl (C=O) groups excluding carboxylic acids is 2. The van der Waals surface area contributed by atoms with Crippen molar-refractivity contribution < 1.29 is 477 Å². The average Bonchev–Trinajstić information content (AvgIpc) is 3.04. The van der Waals surface area contributed by atoms with Crippen LogP contribution in [0.4, 0.5) is 0 Å². The van der Waals surface area contributed by atoms with Gasteiger partial charge in [-0.25, -0.2) is 84.2 Å². The summed E-state index contributed by atoms with van der Waals surface area (Å²) in [5.41, 5.74) is 0. The molecule has 0 fully saturated rings. The van der Waals surface area contributed by atoms with Crippen LogP contribution in [0.1, 0.15) is 6.92 Å². The van der Waals surface area contributed by atoms with Gasteiger partial charge in [-0.3, -0.25) is 51.4 Å². The molecule has 0 aromatic carbocycles. The third-order valence-electron chi connectivity index (χ3n) is 6.06. The molecule has 0 saturated heterocycles. The van der Waals surface area contributed by atoms with Gasteiger partial charge in [0.05, 0.1) is 13.2 Å². The van der Waals surface area contributed by atoms with Crippen LogP contribution in [0, 0.1) is 0 Å². The second-order valence-corrected chi connectivity index (χ2v) is 21.5. The second-order valence-electron chi connectivity index (χ2n) is 11.4. The molecule has 0 heterocycles. The van der Waals surface area contributed by atoms with Crippen molar-refractivity contribution in [3.8, 4) is 0 Å². The molecule has 2 amide bonds. The van der Waals surface area contributed by atoms with Crippen molar-refractivity contribution in [2.75, 3.05) is 19.8 Å². The summed E-state index contributed by atoms with van der Waals surface area (Å²) in [5.74, 6) is -5.34. The van der Waals surface area contributed by atoms with Crippen LogP contribution in [0.5, 0.6) is 0 Å². The largest absolute Gasteiger partial charge is 1.00 e. The van der Waals surface area contributed by atoms with Crippen molar-refractivity contribution in [3.63, 3.8) is 0 Å². The summed E-state index contributed by atoms with van der Waals surface area (Å²) in [7, 11) is -66.2. The predicted octanol–water partition coefficient (Wildman–Crippen LogP) is -42.6. The molecule has 79 heavy (non-hydrogen) atoms. The van der Waals surface area contributed by atoms with E-state index in [1.54, 1.807) is 0 Å². The first-order valence-corrected chi connectivity index (χ1v) is 28.4. The summed E-state index contributed by atoms with van der Waals surface area (Å²) in [4.78, 5) is 26.5. The third kappa shape index (κ3) is 59.2. The third-order valence-corrected chi connectivity index (χ3v) is 10.6. The van der Waals surface area contributed by atoms with Gasteiger partial charge in [-0.1, -0.05) is 0 Å². The van der Waals surface area contributed by atoms with Crippen molar-refractivity contribution in [2.24, 2.45) is 0 Å². The van der Waals surface area contributed by atoms with E-state index < -0.39 is 190 Å². The molecule has 2 N–H and O–H groups in total. The van der Waals surface area contributed by atoms with Crippen molar-refractivity contribution in [2.45, 2.75) is 61.8 Å². The molecule has 0 bridgehead atoms. The van der Waals surface area contributed by atoms with Crippen LogP contribution in [0.2, 0.25) is 0 Å². The minimum atomic E-state index is -6.81. The summed E-state index contributed by atoms with van der Waals surface area (Å²) < 4.78 is 378. The number of amides is 2. The molecule has 0 rings (SSSR count). The van der Waals surface area contributed by atoms with Gasteiger partial charge in [0.2, 0.25) is 104 Å². The first-order chi connectivity index (χ1) is 30.1. The van der Waals surface area contributed by atoms with Gasteiger partial charge in [-0.2, -0.15) is 0 Å². The maximum absolute atomic E-state index is 13.3. The van der Waals surface area contributed by atoms with Crippen molar-refractivity contribution in [1.29, 1.82) is 0 Å². The zero-order valence-corrected chi connectivity index (χ0v) is 69.7. The first kappa shape index (κ1) is 111. The van der Waals surface area contributed by atoms with E-state index in [1.165, 1.54) is 10.6 Å². The Morgan fingerprint density at radius 1 is 0.329 bits per heavy atom. The summed E-state index contributed by atoms with van der Waals surface area (Å²) in [6.45, 7) is -6.32. The summed E-state index contributed by atoms with van der Waals surface area (Å²) in [6.07, 6.45) is -32.0. The van der Waals surface area contributed by atoms with Gasteiger partial charge >= 0.3 is 296 Å². The number of hydrogen-bond acceptors (Lipinski definition) is 42. The Hall–Kier alpha value is 7.64. The molecule has 0 saturated carbocycles. The molecule has 9 atom stereocenters. The van der Waals surface area contributed by atoms with E-state index in [1.807, 2.05) is 0 Å². The molecular weight excluding hydrogens is 1430 g/mol. The van der Waals surface area contributed by atoms with E-state index >= 15 is 0 Å². The number of rotatable bonds is 33. The Morgan fingerprint density at radius 2 is 0.544 bits per heavy atom. The number of carbonyl (C=O) groups is 2.